The van der Waals surface area contributed by atoms with Gasteiger partial charge in [-0.05, 0) is 80.6 Å². The number of nitrogens with one attached hydrogen (secondary N) is 1. The summed E-state index contributed by atoms with van der Waals surface area (Å²) in [5.74, 6) is -0.571. The number of hydrogen-bond donors (Lipinski definition) is 1. The lowest BCUT2D eigenvalue weighted by Gasteiger charge is -2.19. The highest BCUT2D eigenvalue weighted by atomic mass is 16.5. The third kappa shape index (κ3) is 5.91. The number of amides is 2. The number of carbonyl (C=O) groups is 3. The molecule has 0 saturated carbocycles. The van der Waals surface area contributed by atoms with Crippen molar-refractivity contribution in [2.24, 2.45) is 0 Å². The third-order valence-electron chi connectivity index (χ3n) is 6.65. The second-order valence-corrected chi connectivity index (χ2v) is 9.22. The maximum atomic E-state index is 13.5. The molecule has 1 saturated heterocycles. The molecule has 37 heavy (non-hydrogen) atoms. The summed E-state index contributed by atoms with van der Waals surface area (Å²) in [6, 6.07) is 12.7. The van der Waals surface area contributed by atoms with Crippen molar-refractivity contribution in [1.82, 2.24) is 5.32 Å². The molecule has 194 valence electrons. The second kappa shape index (κ2) is 11.4. The van der Waals surface area contributed by atoms with Crippen LogP contribution in [0.3, 0.4) is 0 Å². The van der Waals surface area contributed by atoms with Gasteiger partial charge in [-0.2, -0.15) is 0 Å². The van der Waals surface area contributed by atoms with E-state index in [2.05, 4.69) is 5.32 Å². The number of allylic oxidation sites excluding steroid dienone is 1. The Hall–Kier alpha value is -3.91. The third-order valence-corrected chi connectivity index (χ3v) is 6.65. The predicted molar refractivity (Wildman–Crippen MR) is 140 cm³/mol. The molecule has 2 amide bonds. The lowest BCUT2D eigenvalue weighted by molar-refractivity contribution is -0.136. The summed E-state index contributed by atoms with van der Waals surface area (Å²) < 4.78 is 16.1. The summed E-state index contributed by atoms with van der Waals surface area (Å²) in [6.07, 6.45) is 3.71. The van der Waals surface area contributed by atoms with E-state index in [9.17, 15) is 14.4 Å². The topological polar surface area (TPSA) is 94.2 Å². The first-order valence-corrected chi connectivity index (χ1v) is 12.3. The van der Waals surface area contributed by atoms with E-state index in [1.165, 1.54) is 12.0 Å². The van der Waals surface area contributed by atoms with Crippen LogP contribution in [0.1, 0.15) is 36.5 Å². The predicted octanol–water partition coefficient (Wildman–Crippen LogP) is 3.85. The normalized spacial score (nSPS) is 18.5. The lowest BCUT2D eigenvalue weighted by atomic mass is 10.0. The highest BCUT2D eigenvalue weighted by molar-refractivity contribution is 6.23. The molecule has 1 atom stereocenters. The van der Waals surface area contributed by atoms with Crippen molar-refractivity contribution < 1.29 is 28.6 Å². The number of hydrogen-bond acceptors (Lipinski definition) is 6. The monoisotopic (exact) mass is 504 g/mol. The van der Waals surface area contributed by atoms with E-state index in [0.29, 0.717) is 29.2 Å². The van der Waals surface area contributed by atoms with Gasteiger partial charge in [0.15, 0.2) is 6.61 Å². The molecule has 0 aromatic heterocycles. The Morgan fingerprint density at radius 2 is 1.86 bits per heavy atom. The number of methoxy groups -OCH3 is 1. The van der Waals surface area contributed by atoms with Crippen LogP contribution in [0.4, 0.5) is 5.69 Å². The van der Waals surface area contributed by atoms with Crippen molar-refractivity contribution in [3.63, 3.8) is 0 Å². The van der Waals surface area contributed by atoms with Gasteiger partial charge in [0.25, 0.3) is 11.8 Å². The first-order valence-electron chi connectivity index (χ1n) is 12.3. The van der Waals surface area contributed by atoms with Crippen molar-refractivity contribution in [3.8, 4) is 5.75 Å². The Morgan fingerprint density at radius 1 is 1.11 bits per heavy atom. The number of nitrogens with zero attached hydrogens (tertiary/aromatic N) is 1. The van der Waals surface area contributed by atoms with Crippen LogP contribution >= 0.6 is 0 Å². The molecule has 0 aliphatic carbocycles. The average molecular weight is 505 g/mol. The summed E-state index contributed by atoms with van der Waals surface area (Å²) in [6.45, 7) is 6.84. The zero-order valence-electron chi connectivity index (χ0n) is 21.6. The number of aryl methyl sites for hydroxylation is 2. The number of rotatable bonds is 8. The highest BCUT2D eigenvalue weighted by Gasteiger charge is 2.38. The smallest absolute Gasteiger partial charge is 0.340 e. The quantitative estimate of drug-likeness (QED) is 0.434. The van der Waals surface area contributed by atoms with Crippen molar-refractivity contribution in [1.29, 1.82) is 0 Å². The highest BCUT2D eigenvalue weighted by Crippen LogP contribution is 2.36. The molecule has 2 aromatic rings. The molecule has 8 heteroatoms. The Morgan fingerprint density at radius 3 is 2.51 bits per heavy atom. The zero-order chi connectivity index (χ0) is 26.5. The minimum atomic E-state index is -0.572. The fourth-order valence-corrected chi connectivity index (χ4v) is 4.42. The largest absolute Gasteiger partial charge is 0.484 e. The van der Waals surface area contributed by atoms with Crippen LogP contribution in [-0.4, -0.2) is 50.8 Å². The molecule has 4 rings (SSSR count). The van der Waals surface area contributed by atoms with Crippen molar-refractivity contribution in [2.75, 3.05) is 31.8 Å². The van der Waals surface area contributed by atoms with Crippen LogP contribution in [0.5, 0.6) is 5.75 Å². The molecule has 2 aromatic carbocycles. The van der Waals surface area contributed by atoms with E-state index >= 15 is 0 Å². The van der Waals surface area contributed by atoms with Crippen LogP contribution in [0.2, 0.25) is 0 Å². The van der Waals surface area contributed by atoms with Crippen LogP contribution in [0.25, 0.3) is 6.08 Å². The van der Waals surface area contributed by atoms with Crippen LogP contribution in [0.15, 0.2) is 59.3 Å². The maximum Gasteiger partial charge on any atom is 0.340 e. The number of anilines is 1. The Balaban J connectivity index is 1.48. The van der Waals surface area contributed by atoms with Gasteiger partial charge in [0.2, 0.25) is 0 Å². The molecular formula is C29H32N2O6. The Kier molecular flexibility index (Phi) is 8.08. The van der Waals surface area contributed by atoms with Gasteiger partial charge in [0.1, 0.15) is 5.75 Å². The average Bonchev–Trinajstić information content (AvgIpc) is 3.50. The Bertz CT molecular complexity index is 1260. The van der Waals surface area contributed by atoms with Crippen LogP contribution in [0, 0.1) is 13.8 Å². The van der Waals surface area contributed by atoms with Gasteiger partial charge >= 0.3 is 5.97 Å². The van der Waals surface area contributed by atoms with E-state index in [4.69, 9.17) is 14.2 Å². The van der Waals surface area contributed by atoms with Gasteiger partial charge in [0, 0.05) is 24.5 Å². The van der Waals surface area contributed by atoms with Gasteiger partial charge < -0.3 is 19.5 Å². The summed E-state index contributed by atoms with van der Waals surface area (Å²) >= 11 is 0. The molecule has 0 radical (unpaired) electrons. The summed E-state index contributed by atoms with van der Waals surface area (Å²) in [7, 11) is 1.30. The van der Waals surface area contributed by atoms with E-state index < -0.39 is 5.97 Å². The van der Waals surface area contributed by atoms with E-state index in [0.717, 1.165) is 30.6 Å². The van der Waals surface area contributed by atoms with Crippen molar-refractivity contribution in [2.45, 2.75) is 39.7 Å². The summed E-state index contributed by atoms with van der Waals surface area (Å²) in [5, 5.41) is 2.82. The molecule has 2 aliphatic heterocycles. The molecule has 1 fully saturated rings. The molecule has 0 spiro atoms. The molecule has 0 unspecified atom stereocenters. The minimum Gasteiger partial charge on any atom is -0.484 e. The maximum absolute atomic E-state index is 13.5. The summed E-state index contributed by atoms with van der Waals surface area (Å²) in [4.78, 5) is 39.7. The molecule has 0 bridgehead atoms. The zero-order valence-corrected chi connectivity index (χ0v) is 21.6. The fraction of sp³-hybridized carbons (Fsp3) is 0.345. The SMILES string of the molecule is COC(=O)C1=C(C)N(c2ccc(C)c(C)c2)C(=O)/C1=C\c1ccc(OCC(=O)NC[C@H]2CCCO2)cc1. The first kappa shape index (κ1) is 26.2. The molecule has 2 heterocycles. The lowest BCUT2D eigenvalue weighted by Crippen LogP contribution is -2.35. The van der Waals surface area contributed by atoms with E-state index in [1.807, 2.05) is 32.0 Å². The molecule has 2 aliphatic rings. The van der Waals surface area contributed by atoms with E-state index in [-0.39, 0.29) is 35.7 Å². The van der Waals surface area contributed by atoms with Crippen LogP contribution in [-0.2, 0) is 23.9 Å². The number of benzene rings is 2. The number of carbonyl (C=O) groups excluding carboxylic acids is 3. The van der Waals surface area contributed by atoms with Crippen LogP contribution < -0.4 is 15.0 Å². The fourth-order valence-electron chi connectivity index (χ4n) is 4.42. The van der Waals surface area contributed by atoms with E-state index in [1.54, 1.807) is 37.3 Å². The number of ether oxygens (including phenoxy) is 3. The van der Waals surface area contributed by atoms with Gasteiger partial charge in [-0.25, -0.2) is 4.79 Å². The van der Waals surface area contributed by atoms with Crippen molar-refractivity contribution >= 4 is 29.5 Å². The molecular weight excluding hydrogens is 472 g/mol. The summed E-state index contributed by atoms with van der Waals surface area (Å²) in [5.41, 5.74) is 4.56. The number of esters is 1. The van der Waals surface area contributed by atoms with Gasteiger partial charge in [0.05, 0.1) is 24.4 Å². The second-order valence-electron chi connectivity index (χ2n) is 9.22. The van der Waals surface area contributed by atoms with Crippen molar-refractivity contribution in [3.05, 3.63) is 76.0 Å². The standard InChI is InChI=1S/C29H32N2O6/c1-18-7-10-22(14-19(18)2)31-20(3)27(29(34)35-4)25(28(31)33)15-21-8-11-23(12-9-21)37-17-26(32)30-16-24-6-5-13-36-24/h7-12,14-15,24H,5-6,13,16-17H2,1-4H3,(H,30,32)/b25-15-/t24-/m1/s1. The first-order chi connectivity index (χ1) is 17.8. The van der Waals surface area contributed by atoms with Gasteiger partial charge in [-0.1, -0.05) is 18.2 Å². The Labute approximate surface area is 216 Å². The van der Waals surface area contributed by atoms with Gasteiger partial charge in [-0.3, -0.25) is 14.5 Å². The molecule has 1 N–H and O–H groups in total. The molecule has 8 nitrogen and oxygen atoms in total. The van der Waals surface area contributed by atoms with Gasteiger partial charge in [-0.15, -0.1) is 0 Å². The minimum absolute atomic E-state index is 0.0769.